The molecule has 1 amide bonds. The van der Waals surface area contributed by atoms with Crippen LogP contribution in [0.2, 0.25) is 0 Å². The minimum Gasteiger partial charge on any atom is -0.369 e. The summed E-state index contributed by atoms with van der Waals surface area (Å²) < 4.78 is 2.20. The summed E-state index contributed by atoms with van der Waals surface area (Å²) in [5, 5.41) is 15.5. The molecule has 0 saturated carbocycles. The number of primary amides is 1. The molecular formula is C28H20BrN5O2S. The normalized spacial score (nSPS) is 12.5. The van der Waals surface area contributed by atoms with Crippen LogP contribution in [0.5, 0.6) is 0 Å². The number of amides is 1. The van der Waals surface area contributed by atoms with Gasteiger partial charge in [-0.3, -0.25) is 14.7 Å². The number of nitrogens with two attached hydrogens (primary N) is 1. The number of carbonyl (C=O) groups is 1. The third kappa shape index (κ3) is 4.77. The molecule has 9 heteroatoms. The van der Waals surface area contributed by atoms with E-state index in [4.69, 9.17) is 10.7 Å². The summed E-state index contributed by atoms with van der Waals surface area (Å²) in [7, 11) is 0. The number of hydrogen-bond acceptors (Lipinski definition) is 5. The van der Waals surface area contributed by atoms with Crippen molar-refractivity contribution < 1.29 is 4.79 Å². The molecule has 2 heterocycles. The Morgan fingerprint density at radius 1 is 1.00 bits per heavy atom. The lowest BCUT2D eigenvalue weighted by molar-refractivity contribution is -0.120. The lowest BCUT2D eigenvalue weighted by atomic mass is 9.80. The number of nitriles is 1. The minimum absolute atomic E-state index is 0.273. The number of halogens is 1. The molecule has 3 aromatic carbocycles. The van der Waals surface area contributed by atoms with Crippen molar-refractivity contribution >= 4 is 33.2 Å². The summed E-state index contributed by atoms with van der Waals surface area (Å²) in [4.78, 5) is 31.2. The highest BCUT2D eigenvalue weighted by atomic mass is 79.9. The number of aromatic amines is 1. The van der Waals surface area contributed by atoms with Gasteiger partial charge in [0.15, 0.2) is 0 Å². The van der Waals surface area contributed by atoms with Gasteiger partial charge in [-0.05, 0) is 23.3 Å². The highest BCUT2D eigenvalue weighted by Gasteiger charge is 2.36. The van der Waals surface area contributed by atoms with Gasteiger partial charge in [0.1, 0.15) is 5.92 Å². The largest absolute Gasteiger partial charge is 0.369 e. The van der Waals surface area contributed by atoms with Crippen LogP contribution < -0.4 is 11.3 Å². The van der Waals surface area contributed by atoms with Gasteiger partial charge in [-0.15, -0.1) is 11.3 Å². The predicted molar refractivity (Wildman–Crippen MR) is 147 cm³/mol. The van der Waals surface area contributed by atoms with Crippen molar-refractivity contribution in [1.29, 1.82) is 5.26 Å². The van der Waals surface area contributed by atoms with Crippen LogP contribution in [0.4, 0.5) is 0 Å². The Morgan fingerprint density at radius 2 is 1.62 bits per heavy atom. The summed E-state index contributed by atoms with van der Waals surface area (Å²) in [6.45, 7) is 0. The van der Waals surface area contributed by atoms with Gasteiger partial charge in [0, 0.05) is 21.3 Å². The Kier molecular flexibility index (Phi) is 6.86. The molecule has 37 heavy (non-hydrogen) atoms. The van der Waals surface area contributed by atoms with Crippen LogP contribution >= 0.6 is 27.3 Å². The second-order valence-electron chi connectivity index (χ2n) is 8.33. The molecule has 2 aromatic heterocycles. The number of carbonyl (C=O) groups excluding carboxylic acids is 1. The van der Waals surface area contributed by atoms with Gasteiger partial charge in [-0.2, -0.15) is 9.94 Å². The van der Waals surface area contributed by atoms with Gasteiger partial charge in [0.05, 0.1) is 23.0 Å². The van der Waals surface area contributed by atoms with Gasteiger partial charge in [-0.25, -0.2) is 4.98 Å². The number of benzene rings is 3. The molecule has 0 aliphatic carbocycles. The van der Waals surface area contributed by atoms with Gasteiger partial charge in [0.25, 0.3) is 5.56 Å². The van der Waals surface area contributed by atoms with Crippen molar-refractivity contribution in [3.8, 4) is 33.7 Å². The van der Waals surface area contributed by atoms with E-state index < -0.39 is 23.3 Å². The third-order valence-electron chi connectivity index (χ3n) is 6.06. The van der Waals surface area contributed by atoms with Crippen molar-refractivity contribution in [3.05, 3.63) is 116 Å². The number of H-pyrrole nitrogens is 1. The van der Waals surface area contributed by atoms with Crippen molar-refractivity contribution in [2.24, 2.45) is 11.7 Å². The third-order valence-corrected chi connectivity index (χ3v) is 7.42. The van der Waals surface area contributed by atoms with Crippen LogP contribution in [-0.2, 0) is 4.79 Å². The van der Waals surface area contributed by atoms with E-state index in [1.165, 1.54) is 16.0 Å². The molecule has 7 nitrogen and oxygen atoms in total. The number of hydrogen-bond donors (Lipinski definition) is 2. The first-order valence-corrected chi connectivity index (χ1v) is 13.0. The van der Waals surface area contributed by atoms with E-state index in [9.17, 15) is 14.9 Å². The van der Waals surface area contributed by atoms with E-state index in [0.29, 0.717) is 16.4 Å². The van der Waals surface area contributed by atoms with E-state index >= 15 is 0 Å². The molecule has 3 N–H and O–H groups in total. The summed E-state index contributed by atoms with van der Waals surface area (Å²) in [6.07, 6.45) is 0. The molecule has 2 atom stereocenters. The van der Waals surface area contributed by atoms with E-state index in [1.54, 1.807) is 24.3 Å². The highest BCUT2D eigenvalue weighted by Crippen LogP contribution is 2.37. The van der Waals surface area contributed by atoms with E-state index in [0.717, 1.165) is 21.3 Å². The number of rotatable bonds is 7. The lowest BCUT2D eigenvalue weighted by Crippen LogP contribution is -2.31. The fourth-order valence-corrected chi connectivity index (χ4v) is 5.36. The molecule has 0 spiro atoms. The predicted octanol–water partition coefficient (Wildman–Crippen LogP) is 5.48. The maximum absolute atomic E-state index is 14.1. The molecule has 2 unspecified atom stereocenters. The molecule has 5 aromatic rings. The maximum atomic E-state index is 14.1. The molecule has 0 fully saturated rings. The van der Waals surface area contributed by atoms with E-state index in [2.05, 4.69) is 21.0 Å². The Morgan fingerprint density at radius 3 is 2.22 bits per heavy atom. The average molecular weight is 570 g/mol. The van der Waals surface area contributed by atoms with Crippen molar-refractivity contribution in [1.82, 2.24) is 14.8 Å². The average Bonchev–Trinajstić information content (AvgIpc) is 3.54. The van der Waals surface area contributed by atoms with Crippen LogP contribution in [0.3, 0.4) is 0 Å². The Bertz CT molecular complexity index is 1650. The zero-order valence-corrected chi connectivity index (χ0v) is 21.7. The monoisotopic (exact) mass is 569 g/mol. The molecule has 0 aliphatic rings. The van der Waals surface area contributed by atoms with Crippen molar-refractivity contribution in [2.45, 2.75) is 5.92 Å². The van der Waals surface area contributed by atoms with E-state index in [1.807, 2.05) is 72.1 Å². The summed E-state index contributed by atoms with van der Waals surface area (Å²) in [6, 6.07) is 28.2. The minimum atomic E-state index is -1.27. The van der Waals surface area contributed by atoms with Gasteiger partial charge in [0.2, 0.25) is 11.0 Å². The van der Waals surface area contributed by atoms with Crippen molar-refractivity contribution in [2.75, 3.05) is 0 Å². The van der Waals surface area contributed by atoms with E-state index in [-0.39, 0.29) is 5.56 Å². The number of nitrogens with zero attached hydrogens (tertiary/aromatic N) is 3. The highest BCUT2D eigenvalue weighted by molar-refractivity contribution is 9.10. The zero-order valence-electron chi connectivity index (χ0n) is 19.3. The van der Waals surface area contributed by atoms with Crippen LogP contribution in [0, 0.1) is 17.2 Å². The first-order chi connectivity index (χ1) is 18.0. The van der Waals surface area contributed by atoms with Crippen LogP contribution in [0.25, 0.3) is 27.6 Å². The quantitative estimate of drug-likeness (QED) is 0.270. The lowest BCUT2D eigenvalue weighted by Gasteiger charge is -2.20. The molecular weight excluding hydrogens is 550 g/mol. The summed E-state index contributed by atoms with van der Waals surface area (Å²) in [5.74, 6) is -2.97. The molecule has 182 valence electrons. The Labute approximate surface area is 225 Å². The standard InChI is InChI=1S/C28H20BrN5O2S/c29-20-13-11-18(12-14-20)23(21(15-30)26(31)35)24-25(19-9-5-2-6-10-19)33-34(27(24)36)28-32-22(16-37-28)17-7-3-1-4-8-17/h1-14,16,21,23,33H,(H2,31,35). The SMILES string of the molecule is N#CC(C(N)=O)C(c1ccc(Br)cc1)c1c(-c2ccccc2)[nH]n(-c2nc(-c3ccccc3)cs2)c1=O. The Balaban J connectivity index is 1.75. The first kappa shape index (κ1) is 24.4. The summed E-state index contributed by atoms with van der Waals surface area (Å²) in [5.41, 5.74) is 9.07. The zero-order chi connectivity index (χ0) is 25.9. The van der Waals surface area contributed by atoms with Crippen LogP contribution in [0.15, 0.2) is 99.6 Å². The number of nitrogens with one attached hydrogen (secondary N) is 1. The molecule has 0 saturated heterocycles. The molecule has 0 aliphatic heterocycles. The topological polar surface area (TPSA) is 118 Å². The molecule has 5 rings (SSSR count). The fraction of sp³-hybridized carbons (Fsp3) is 0.0714. The molecule has 0 radical (unpaired) electrons. The van der Waals surface area contributed by atoms with Gasteiger partial charge in [-0.1, -0.05) is 88.7 Å². The number of thiazole rings is 1. The maximum Gasteiger partial charge on any atom is 0.277 e. The molecule has 0 bridgehead atoms. The second-order valence-corrected chi connectivity index (χ2v) is 10.1. The van der Waals surface area contributed by atoms with Crippen LogP contribution in [-0.4, -0.2) is 20.7 Å². The Hall–Kier alpha value is -4.26. The van der Waals surface area contributed by atoms with Crippen molar-refractivity contribution in [3.63, 3.8) is 0 Å². The van der Waals surface area contributed by atoms with Crippen LogP contribution in [0.1, 0.15) is 17.0 Å². The fourth-order valence-electron chi connectivity index (χ4n) is 4.31. The van der Waals surface area contributed by atoms with Gasteiger partial charge >= 0.3 is 0 Å². The smallest absolute Gasteiger partial charge is 0.277 e. The summed E-state index contributed by atoms with van der Waals surface area (Å²) >= 11 is 4.74. The van der Waals surface area contributed by atoms with Gasteiger partial charge < -0.3 is 5.73 Å². The number of aromatic nitrogens is 3. The second kappa shape index (κ2) is 10.4. The first-order valence-electron chi connectivity index (χ1n) is 11.3.